The first-order valence-electron chi connectivity index (χ1n) is 6.84. The smallest absolute Gasteiger partial charge is 0.0358 e. The van der Waals surface area contributed by atoms with Crippen LogP contribution >= 0.6 is 11.3 Å². The van der Waals surface area contributed by atoms with Gasteiger partial charge in [-0.2, -0.15) is 0 Å². The van der Waals surface area contributed by atoms with Crippen molar-refractivity contribution in [3.05, 3.63) is 83.9 Å². The number of rotatable bonds is 2. The molecule has 4 aromatic rings. The zero-order valence-electron chi connectivity index (χ0n) is 11.0. The van der Waals surface area contributed by atoms with Crippen LogP contribution in [0.3, 0.4) is 0 Å². The van der Waals surface area contributed by atoms with Gasteiger partial charge in [-0.3, -0.25) is 0 Å². The lowest BCUT2D eigenvalue weighted by Gasteiger charge is -2.02. The van der Waals surface area contributed by atoms with Crippen LogP contribution in [0.15, 0.2) is 72.8 Å². The molecule has 0 spiro atoms. The van der Waals surface area contributed by atoms with Gasteiger partial charge in [0.05, 0.1) is 0 Å². The van der Waals surface area contributed by atoms with Gasteiger partial charge in [0.2, 0.25) is 0 Å². The fourth-order valence-corrected chi connectivity index (χ4v) is 3.88. The predicted molar refractivity (Wildman–Crippen MR) is 88.6 cm³/mol. The Morgan fingerprint density at radius 3 is 2.25 bits per heavy atom. The predicted octanol–water partition coefficient (Wildman–Crippen LogP) is 5.65. The standard InChI is InChI=1S/C19H14S/c1-2-6-14(7-3-1)12-15-10-11-17-16-8-4-5-9-18(16)20-19(17)13-15/h1-11,13H,12H2. The van der Waals surface area contributed by atoms with Gasteiger partial charge in [0, 0.05) is 20.2 Å². The van der Waals surface area contributed by atoms with Gasteiger partial charge in [-0.1, -0.05) is 60.7 Å². The quantitative estimate of drug-likeness (QED) is 0.443. The largest absolute Gasteiger partial charge is 0.135 e. The van der Waals surface area contributed by atoms with Gasteiger partial charge in [-0.05, 0) is 29.7 Å². The summed E-state index contributed by atoms with van der Waals surface area (Å²) in [7, 11) is 0. The number of thiophene rings is 1. The molecule has 4 rings (SSSR count). The second-order valence-electron chi connectivity index (χ2n) is 5.09. The molecule has 0 N–H and O–H groups in total. The topological polar surface area (TPSA) is 0 Å². The molecule has 0 saturated heterocycles. The molecule has 20 heavy (non-hydrogen) atoms. The Hall–Kier alpha value is -2.12. The summed E-state index contributed by atoms with van der Waals surface area (Å²) in [6, 6.07) is 26.2. The van der Waals surface area contributed by atoms with E-state index in [4.69, 9.17) is 0 Å². The van der Waals surface area contributed by atoms with Crippen LogP contribution < -0.4 is 0 Å². The van der Waals surface area contributed by atoms with Crippen molar-refractivity contribution in [3.63, 3.8) is 0 Å². The second-order valence-corrected chi connectivity index (χ2v) is 6.17. The Labute approximate surface area is 122 Å². The Balaban J connectivity index is 1.81. The van der Waals surface area contributed by atoms with Gasteiger partial charge in [0.25, 0.3) is 0 Å². The minimum atomic E-state index is 1.00. The van der Waals surface area contributed by atoms with Crippen molar-refractivity contribution in [1.82, 2.24) is 0 Å². The highest BCUT2D eigenvalue weighted by atomic mass is 32.1. The van der Waals surface area contributed by atoms with E-state index in [1.165, 1.54) is 31.3 Å². The van der Waals surface area contributed by atoms with Crippen LogP contribution in [0.1, 0.15) is 11.1 Å². The maximum atomic E-state index is 2.34. The molecule has 0 fully saturated rings. The maximum absolute atomic E-state index is 2.34. The van der Waals surface area contributed by atoms with Gasteiger partial charge < -0.3 is 0 Å². The van der Waals surface area contributed by atoms with E-state index in [0.29, 0.717) is 0 Å². The first kappa shape index (κ1) is 11.7. The first-order chi connectivity index (χ1) is 9.90. The molecule has 0 aliphatic heterocycles. The summed E-state index contributed by atoms with van der Waals surface area (Å²) in [5.74, 6) is 0. The molecule has 0 atom stereocenters. The molecule has 1 heterocycles. The average Bonchev–Trinajstić information content (AvgIpc) is 2.86. The fourth-order valence-electron chi connectivity index (χ4n) is 2.71. The van der Waals surface area contributed by atoms with Crippen molar-refractivity contribution in [2.24, 2.45) is 0 Å². The van der Waals surface area contributed by atoms with E-state index < -0.39 is 0 Å². The van der Waals surface area contributed by atoms with Crippen LogP contribution in [0.5, 0.6) is 0 Å². The molecule has 0 aliphatic carbocycles. The van der Waals surface area contributed by atoms with Crippen molar-refractivity contribution in [3.8, 4) is 0 Å². The average molecular weight is 274 g/mol. The highest BCUT2D eigenvalue weighted by molar-refractivity contribution is 7.25. The Bertz CT molecular complexity index is 872. The zero-order valence-corrected chi connectivity index (χ0v) is 11.9. The lowest BCUT2D eigenvalue weighted by molar-refractivity contribution is 1.20. The van der Waals surface area contributed by atoms with Crippen molar-refractivity contribution < 1.29 is 0 Å². The molecule has 0 saturated carbocycles. The molecule has 3 aromatic carbocycles. The second kappa shape index (κ2) is 4.77. The Morgan fingerprint density at radius 2 is 1.35 bits per heavy atom. The third-order valence-corrected chi connectivity index (χ3v) is 4.83. The summed E-state index contributed by atoms with van der Waals surface area (Å²) < 4.78 is 2.76. The van der Waals surface area contributed by atoms with Gasteiger partial charge in [-0.15, -0.1) is 11.3 Å². The lowest BCUT2D eigenvalue weighted by Crippen LogP contribution is -1.86. The number of benzene rings is 3. The molecule has 0 radical (unpaired) electrons. The van der Waals surface area contributed by atoms with Crippen LogP contribution in [0.25, 0.3) is 20.2 Å². The van der Waals surface area contributed by atoms with Crippen LogP contribution in [-0.4, -0.2) is 0 Å². The van der Waals surface area contributed by atoms with E-state index in [9.17, 15) is 0 Å². The van der Waals surface area contributed by atoms with Crippen molar-refractivity contribution >= 4 is 31.5 Å². The Kier molecular flexibility index (Phi) is 2.79. The van der Waals surface area contributed by atoms with Gasteiger partial charge in [-0.25, -0.2) is 0 Å². The van der Waals surface area contributed by atoms with E-state index >= 15 is 0 Å². The van der Waals surface area contributed by atoms with Crippen molar-refractivity contribution in [2.75, 3.05) is 0 Å². The molecule has 1 aromatic heterocycles. The minimum absolute atomic E-state index is 1.00. The fraction of sp³-hybridized carbons (Fsp3) is 0.0526. The number of hydrogen-bond donors (Lipinski definition) is 0. The minimum Gasteiger partial charge on any atom is -0.135 e. The Morgan fingerprint density at radius 1 is 0.600 bits per heavy atom. The lowest BCUT2D eigenvalue weighted by atomic mass is 10.0. The number of hydrogen-bond acceptors (Lipinski definition) is 1. The molecule has 0 nitrogen and oxygen atoms in total. The molecule has 0 unspecified atom stereocenters. The van der Waals surface area contributed by atoms with Crippen LogP contribution in [0.2, 0.25) is 0 Å². The SMILES string of the molecule is c1ccc(Cc2ccc3c(c2)sc2ccccc23)cc1. The van der Waals surface area contributed by atoms with E-state index in [1.54, 1.807) is 0 Å². The summed E-state index contributed by atoms with van der Waals surface area (Å²) in [5, 5.41) is 2.75. The van der Waals surface area contributed by atoms with Crippen LogP contribution in [-0.2, 0) is 6.42 Å². The molecule has 0 bridgehead atoms. The van der Waals surface area contributed by atoms with Gasteiger partial charge >= 0.3 is 0 Å². The molecular formula is C19H14S. The van der Waals surface area contributed by atoms with Crippen LogP contribution in [0.4, 0.5) is 0 Å². The number of fused-ring (bicyclic) bond motifs is 3. The van der Waals surface area contributed by atoms with Crippen molar-refractivity contribution in [2.45, 2.75) is 6.42 Å². The van der Waals surface area contributed by atoms with E-state index in [-0.39, 0.29) is 0 Å². The summed E-state index contributed by atoms with van der Waals surface area (Å²) >= 11 is 1.89. The van der Waals surface area contributed by atoms with Crippen molar-refractivity contribution in [1.29, 1.82) is 0 Å². The summed E-state index contributed by atoms with van der Waals surface area (Å²) in [6.45, 7) is 0. The molecule has 0 aliphatic rings. The summed E-state index contributed by atoms with van der Waals surface area (Å²) in [4.78, 5) is 0. The molecule has 0 amide bonds. The highest BCUT2D eigenvalue weighted by Gasteiger charge is 2.05. The highest BCUT2D eigenvalue weighted by Crippen LogP contribution is 2.34. The van der Waals surface area contributed by atoms with E-state index in [2.05, 4.69) is 72.8 Å². The zero-order chi connectivity index (χ0) is 13.4. The van der Waals surface area contributed by atoms with Gasteiger partial charge in [0.1, 0.15) is 0 Å². The first-order valence-corrected chi connectivity index (χ1v) is 7.66. The maximum Gasteiger partial charge on any atom is 0.0358 e. The van der Waals surface area contributed by atoms with E-state index in [0.717, 1.165) is 6.42 Å². The summed E-state index contributed by atoms with van der Waals surface area (Å²) in [5.41, 5.74) is 2.75. The molecule has 1 heteroatoms. The summed E-state index contributed by atoms with van der Waals surface area (Å²) in [6.07, 6.45) is 1.00. The monoisotopic (exact) mass is 274 g/mol. The molecule has 96 valence electrons. The normalized spacial score (nSPS) is 11.2. The third kappa shape index (κ3) is 2.00. The molecular weight excluding hydrogens is 260 g/mol. The van der Waals surface area contributed by atoms with E-state index in [1.807, 2.05) is 11.3 Å². The van der Waals surface area contributed by atoms with Crippen LogP contribution in [0, 0.1) is 0 Å². The third-order valence-electron chi connectivity index (χ3n) is 3.69. The van der Waals surface area contributed by atoms with Gasteiger partial charge in [0.15, 0.2) is 0 Å².